The number of rotatable bonds is 9. The molecule has 0 aliphatic carbocycles. The number of hydrogen-bond acceptors (Lipinski definition) is 5. The highest BCUT2D eigenvalue weighted by atomic mass is 32.1. The van der Waals surface area contributed by atoms with Gasteiger partial charge in [-0.05, 0) is 13.3 Å². The monoisotopic (exact) mass is 289 g/mol. The van der Waals surface area contributed by atoms with E-state index in [9.17, 15) is 0 Å². The van der Waals surface area contributed by atoms with Crippen molar-refractivity contribution in [2.75, 3.05) is 59.7 Å². The van der Waals surface area contributed by atoms with Crippen LogP contribution in [0.25, 0.3) is 0 Å². The lowest BCUT2D eigenvalue weighted by Gasteiger charge is -2.37. The average molecular weight is 289 g/mol. The fourth-order valence-electron chi connectivity index (χ4n) is 2.19. The zero-order chi connectivity index (χ0) is 14.1. The molecular formula is C13H27N3O2S. The van der Waals surface area contributed by atoms with Gasteiger partial charge in [-0.1, -0.05) is 12.2 Å². The van der Waals surface area contributed by atoms with Crippen LogP contribution in [-0.4, -0.2) is 80.5 Å². The summed E-state index contributed by atoms with van der Waals surface area (Å²) in [5.41, 5.74) is 5.69. The molecule has 1 rings (SSSR count). The first kappa shape index (κ1) is 16.8. The predicted molar refractivity (Wildman–Crippen MR) is 81.6 cm³/mol. The maximum absolute atomic E-state index is 5.69. The molecule has 0 spiro atoms. The van der Waals surface area contributed by atoms with Gasteiger partial charge in [0.25, 0.3) is 0 Å². The third kappa shape index (κ3) is 6.63. The van der Waals surface area contributed by atoms with Crippen LogP contribution in [0.3, 0.4) is 0 Å². The van der Waals surface area contributed by atoms with Crippen LogP contribution in [0.2, 0.25) is 0 Å². The molecule has 0 aromatic heterocycles. The highest BCUT2D eigenvalue weighted by Gasteiger charge is 2.21. The second kappa shape index (κ2) is 9.61. The summed E-state index contributed by atoms with van der Waals surface area (Å²) in [7, 11) is 1.69. The first-order valence-electron chi connectivity index (χ1n) is 6.97. The summed E-state index contributed by atoms with van der Waals surface area (Å²) in [5.74, 6) is 0. The molecule has 0 radical (unpaired) electrons. The second-order valence-electron chi connectivity index (χ2n) is 4.91. The minimum Gasteiger partial charge on any atom is -0.392 e. The van der Waals surface area contributed by atoms with Crippen LogP contribution in [0.4, 0.5) is 0 Å². The molecule has 1 saturated heterocycles. The fourth-order valence-corrected chi connectivity index (χ4v) is 2.34. The Bertz CT molecular complexity index is 258. The normalized spacial score (nSPS) is 19.5. The van der Waals surface area contributed by atoms with E-state index < -0.39 is 0 Å². The first-order chi connectivity index (χ1) is 9.15. The fraction of sp³-hybridized carbons (Fsp3) is 0.923. The van der Waals surface area contributed by atoms with Crippen molar-refractivity contribution in [2.45, 2.75) is 19.4 Å². The van der Waals surface area contributed by atoms with E-state index in [0.29, 0.717) is 18.2 Å². The number of piperazine rings is 1. The minimum absolute atomic E-state index is 0.217. The van der Waals surface area contributed by atoms with E-state index in [1.54, 1.807) is 7.11 Å². The van der Waals surface area contributed by atoms with Crippen molar-refractivity contribution >= 4 is 17.2 Å². The minimum atomic E-state index is 0.217. The quantitative estimate of drug-likeness (QED) is 0.488. The summed E-state index contributed by atoms with van der Waals surface area (Å²) in [5, 5.41) is 0. The summed E-state index contributed by atoms with van der Waals surface area (Å²) in [6.07, 6.45) is 1.08. The van der Waals surface area contributed by atoms with Gasteiger partial charge in [0, 0.05) is 46.4 Å². The summed E-state index contributed by atoms with van der Waals surface area (Å²) in [4.78, 5) is 5.43. The van der Waals surface area contributed by atoms with Crippen molar-refractivity contribution in [1.82, 2.24) is 9.80 Å². The van der Waals surface area contributed by atoms with Gasteiger partial charge in [-0.2, -0.15) is 0 Å². The van der Waals surface area contributed by atoms with Crippen molar-refractivity contribution < 1.29 is 9.47 Å². The molecule has 1 atom stereocenters. The van der Waals surface area contributed by atoms with E-state index in [1.807, 2.05) is 0 Å². The van der Waals surface area contributed by atoms with Gasteiger partial charge >= 0.3 is 0 Å². The number of nitrogens with zero attached hydrogens (tertiary/aromatic N) is 2. The number of hydrogen-bond donors (Lipinski definition) is 1. The van der Waals surface area contributed by atoms with Gasteiger partial charge in [-0.3, -0.25) is 4.90 Å². The molecule has 2 N–H and O–H groups in total. The maximum atomic E-state index is 5.69. The van der Waals surface area contributed by atoms with Crippen LogP contribution in [0.15, 0.2) is 0 Å². The van der Waals surface area contributed by atoms with Crippen LogP contribution in [-0.2, 0) is 9.47 Å². The molecule has 5 nitrogen and oxygen atoms in total. The zero-order valence-corrected chi connectivity index (χ0v) is 13.0. The van der Waals surface area contributed by atoms with Crippen molar-refractivity contribution in [2.24, 2.45) is 5.73 Å². The number of ether oxygens (including phenoxy) is 2. The number of nitrogens with two attached hydrogens (primary N) is 1. The van der Waals surface area contributed by atoms with Gasteiger partial charge < -0.3 is 20.1 Å². The van der Waals surface area contributed by atoms with Gasteiger partial charge in [0.2, 0.25) is 0 Å². The van der Waals surface area contributed by atoms with E-state index in [4.69, 9.17) is 27.4 Å². The Hall–Kier alpha value is -0.270. The third-order valence-electron chi connectivity index (χ3n) is 3.56. The maximum Gasteiger partial charge on any atom is 0.0899 e. The smallest absolute Gasteiger partial charge is 0.0899 e. The van der Waals surface area contributed by atoms with Crippen molar-refractivity contribution in [3.8, 4) is 0 Å². The molecule has 1 unspecified atom stereocenters. The van der Waals surface area contributed by atoms with Crippen LogP contribution in [0.1, 0.15) is 13.3 Å². The molecule has 19 heavy (non-hydrogen) atoms. The summed E-state index contributed by atoms with van der Waals surface area (Å²) in [6, 6.07) is 0.217. The SMILES string of the molecule is COCCOCCCN1CCN(C(C)C(N)=S)CC1. The molecule has 0 aromatic rings. The van der Waals surface area contributed by atoms with Crippen LogP contribution < -0.4 is 5.73 Å². The van der Waals surface area contributed by atoms with Crippen LogP contribution in [0, 0.1) is 0 Å². The van der Waals surface area contributed by atoms with Gasteiger partial charge in [0.1, 0.15) is 0 Å². The Morgan fingerprint density at radius 2 is 1.89 bits per heavy atom. The summed E-state index contributed by atoms with van der Waals surface area (Å²) < 4.78 is 10.4. The third-order valence-corrected chi connectivity index (χ3v) is 3.90. The molecule has 0 aromatic carbocycles. The number of thiocarbonyl (C=S) groups is 1. The lowest BCUT2D eigenvalue weighted by atomic mass is 10.2. The summed E-state index contributed by atoms with van der Waals surface area (Å²) in [6.45, 7) is 9.63. The van der Waals surface area contributed by atoms with Crippen molar-refractivity contribution in [3.63, 3.8) is 0 Å². The molecule has 1 aliphatic rings. The molecular weight excluding hydrogens is 262 g/mol. The standard InChI is InChI=1S/C13H27N3O2S/c1-12(13(14)19)16-7-5-15(6-8-16)4-3-9-18-11-10-17-2/h12H,3-11H2,1-2H3,(H2,14,19). The van der Waals surface area contributed by atoms with Gasteiger partial charge in [-0.15, -0.1) is 0 Å². The Labute approximate surface area is 122 Å². The molecule has 1 heterocycles. The first-order valence-corrected chi connectivity index (χ1v) is 7.38. The lowest BCUT2D eigenvalue weighted by Crippen LogP contribution is -2.52. The Morgan fingerprint density at radius 1 is 1.21 bits per heavy atom. The largest absolute Gasteiger partial charge is 0.392 e. The number of methoxy groups -OCH3 is 1. The Balaban J connectivity index is 2.05. The van der Waals surface area contributed by atoms with Crippen molar-refractivity contribution in [1.29, 1.82) is 0 Å². The zero-order valence-electron chi connectivity index (χ0n) is 12.1. The molecule has 0 bridgehead atoms. The lowest BCUT2D eigenvalue weighted by molar-refractivity contribution is 0.0600. The summed E-state index contributed by atoms with van der Waals surface area (Å²) >= 11 is 5.04. The molecule has 0 saturated carbocycles. The van der Waals surface area contributed by atoms with Crippen LogP contribution >= 0.6 is 12.2 Å². The molecule has 6 heteroatoms. The molecule has 1 aliphatic heterocycles. The Kier molecular flexibility index (Phi) is 8.48. The van der Waals surface area contributed by atoms with E-state index in [0.717, 1.165) is 45.8 Å². The predicted octanol–water partition coefficient (Wildman–Crippen LogP) is 0.332. The average Bonchev–Trinajstić information content (AvgIpc) is 2.42. The van der Waals surface area contributed by atoms with E-state index in [-0.39, 0.29) is 6.04 Å². The highest BCUT2D eigenvalue weighted by Crippen LogP contribution is 2.07. The molecule has 1 fully saturated rings. The van der Waals surface area contributed by atoms with E-state index in [2.05, 4.69) is 16.7 Å². The van der Waals surface area contributed by atoms with Crippen molar-refractivity contribution in [3.05, 3.63) is 0 Å². The molecule has 112 valence electrons. The second-order valence-corrected chi connectivity index (χ2v) is 5.39. The highest BCUT2D eigenvalue weighted by molar-refractivity contribution is 7.80. The van der Waals surface area contributed by atoms with Gasteiger partial charge in [-0.25, -0.2) is 0 Å². The Morgan fingerprint density at radius 3 is 2.47 bits per heavy atom. The van der Waals surface area contributed by atoms with Gasteiger partial charge in [0.15, 0.2) is 0 Å². The van der Waals surface area contributed by atoms with Gasteiger partial charge in [0.05, 0.1) is 24.2 Å². The van der Waals surface area contributed by atoms with Crippen LogP contribution in [0.5, 0.6) is 0 Å². The molecule has 0 amide bonds. The van der Waals surface area contributed by atoms with E-state index >= 15 is 0 Å². The van der Waals surface area contributed by atoms with E-state index in [1.165, 1.54) is 0 Å². The topological polar surface area (TPSA) is 51.0 Å².